The summed E-state index contributed by atoms with van der Waals surface area (Å²) in [7, 11) is 0. The highest BCUT2D eigenvalue weighted by molar-refractivity contribution is 7.99. The average Bonchev–Trinajstić information content (AvgIpc) is 2.54. The number of aromatic nitrogens is 2. The molecule has 0 saturated heterocycles. The number of pyridine rings is 2. The molecule has 98 valence electrons. The van der Waals surface area contributed by atoms with Crippen molar-refractivity contribution >= 4 is 34.0 Å². The van der Waals surface area contributed by atoms with Gasteiger partial charge in [0.05, 0.1) is 23.1 Å². The second-order valence-electron chi connectivity index (χ2n) is 4.70. The molecular formula is C16H13N3S. The fourth-order valence-corrected chi connectivity index (χ4v) is 3.60. The second kappa shape index (κ2) is 4.80. The average molecular weight is 279 g/mol. The first-order chi connectivity index (χ1) is 9.93. The Morgan fingerprint density at radius 2 is 1.95 bits per heavy atom. The number of anilines is 2. The van der Waals surface area contributed by atoms with Crippen LogP contribution in [0.25, 0.3) is 10.9 Å². The lowest BCUT2D eigenvalue weighted by Crippen LogP contribution is -2.24. The number of thioether (sulfide) groups is 1. The Balaban J connectivity index is 1.93. The first kappa shape index (κ1) is 11.7. The van der Waals surface area contributed by atoms with E-state index < -0.39 is 0 Å². The van der Waals surface area contributed by atoms with Crippen molar-refractivity contribution in [1.82, 2.24) is 9.97 Å². The molecule has 0 fully saturated rings. The molecule has 0 saturated carbocycles. The molecule has 0 bridgehead atoms. The zero-order chi connectivity index (χ0) is 13.4. The van der Waals surface area contributed by atoms with Gasteiger partial charge in [0.1, 0.15) is 0 Å². The molecule has 0 spiro atoms. The van der Waals surface area contributed by atoms with E-state index in [4.69, 9.17) is 0 Å². The second-order valence-corrected chi connectivity index (χ2v) is 5.84. The summed E-state index contributed by atoms with van der Waals surface area (Å²) >= 11 is 1.91. The lowest BCUT2D eigenvalue weighted by Gasteiger charge is -2.31. The summed E-state index contributed by atoms with van der Waals surface area (Å²) in [6.07, 6.45) is 5.63. The molecule has 0 atom stereocenters. The normalized spacial score (nSPS) is 14.3. The van der Waals surface area contributed by atoms with Crippen molar-refractivity contribution in [3.63, 3.8) is 0 Å². The lowest BCUT2D eigenvalue weighted by atomic mass is 10.2. The van der Waals surface area contributed by atoms with E-state index >= 15 is 0 Å². The summed E-state index contributed by atoms with van der Waals surface area (Å²) in [6.45, 7) is 0.985. The van der Waals surface area contributed by atoms with Gasteiger partial charge in [0.25, 0.3) is 0 Å². The third-order valence-corrected chi connectivity index (χ3v) is 4.55. The fourth-order valence-electron chi connectivity index (χ4n) is 2.60. The molecular weight excluding hydrogens is 266 g/mol. The summed E-state index contributed by atoms with van der Waals surface area (Å²) in [5, 5.41) is 1.08. The molecule has 3 aromatic rings. The Kier molecular flexibility index (Phi) is 2.81. The number of benzene rings is 1. The van der Waals surface area contributed by atoms with Crippen molar-refractivity contribution in [2.75, 3.05) is 17.2 Å². The topological polar surface area (TPSA) is 29.0 Å². The van der Waals surface area contributed by atoms with Crippen molar-refractivity contribution in [2.24, 2.45) is 0 Å². The smallest absolute Gasteiger partial charge is 0.0970 e. The van der Waals surface area contributed by atoms with Crippen LogP contribution in [0.3, 0.4) is 0 Å². The Morgan fingerprint density at radius 1 is 1.00 bits per heavy atom. The Labute approximate surface area is 121 Å². The number of rotatable bonds is 1. The van der Waals surface area contributed by atoms with Crippen LogP contribution < -0.4 is 4.90 Å². The molecule has 4 rings (SSSR count). The third kappa shape index (κ3) is 1.84. The summed E-state index contributed by atoms with van der Waals surface area (Å²) in [6, 6.07) is 12.5. The quantitative estimate of drug-likeness (QED) is 0.676. The third-order valence-electron chi connectivity index (χ3n) is 3.51. The van der Waals surface area contributed by atoms with Crippen molar-refractivity contribution in [1.29, 1.82) is 0 Å². The number of fused-ring (bicyclic) bond motifs is 2. The monoisotopic (exact) mass is 279 g/mol. The predicted molar refractivity (Wildman–Crippen MR) is 83.7 cm³/mol. The predicted octanol–water partition coefficient (Wildman–Crippen LogP) is 3.87. The van der Waals surface area contributed by atoms with Gasteiger partial charge in [-0.2, -0.15) is 0 Å². The molecule has 0 amide bonds. The van der Waals surface area contributed by atoms with E-state index in [1.54, 1.807) is 0 Å². The van der Waals surface area contributed by atoms with Gasteiger partial charge >= 0.3 is 0 Å². The van der Waals surface area contributed by atoms with Crippen LogP contribution in [0.1, 0.15) is 0 Å². The highest BCUT2D eigenvalue weighted by Gasteiger charge is 2.20. The number of para-hydroxylation sites is 1. The maximum Gasteiger partial charge on any atom is 0.0970 e. The molecule has 0 unspecified atom stereocenters. The van der Waals surface area contributed by atoms with Crippen LogP contribution >= 0.6 is 11.8 Å². The summed E-state index contributed by atoms with van der Waals surface area (Å²) in [4.78, 5) is 12.6. The summed E-state index contributed by atoms with van der Waals surface area (Å²) in [5.41, 5.74) is 3.36. The molecule has 0 radical (unpaired) electrons. The SMILES string of the molecule is c1ccc2c(c1)SCCN2c1cncc2cccnc12. The molecule has 3 heterocycles. The minimum Gasteiger partial charge on any atom is -0.337 e. The van der Waals surface area contributed by atoms with Crippen LogP contribution in [0.5, 0.6) is 0 Å². The van der Waals surface area contributed by atoms with E-state index in [1.165, 1.54) is 10.6 Å². The zero-order valence-electron chi connectivity index (χ0n) is 10.9. The Morgan fingerprint density at radius 3 is 2.95 bits per heavy atom. The van der Waals surface area contributed by atoms with Gasteiger partial charge in [0.2, 0.25) is 0 Å². The van der Waals surface area contributed by atoms with Crippen molar-refractivity contribution in [3.8, 4) is 0 Å². The van der Waals surface area contributed by atoms with Gasteiger partial charge in [-0.25, -0.2) is 0 Å². The minimum absolute atomic E-state index is 0.985. The number of nitrogens with zero attached hydrogens (tertiary/aromatic N) is 3. The van der Waals surface area contributed by atoms with E-state index in [1.807, 2.05) is 36.4 Å². The van der Waals surface area contributed by atoms with E-state index in [0.717, 1.165) is 28.9 Å². The molecule has 4 heteroatoms. The largest absolute Gasteiger partial charge is 0.337 e. The highest BCUT2D eigenvalue weighted by atomic mass is 32.2. The van der Waals surface area contributed by atoms with Crippen LogP contribution in [0.15, 0.2) is 59.9 Å². The van der Waals surface area contributed by atoms with Gasteiger partial charge in [-0.05, 0) is 24.3 Å². The van der Waals surface area contributed by atoms with Gasteiger partial charge in [-0.1, -0.05) is 12.1 Å². The Hall–Kier alpha value is -2.07. The molecule has 20 heavy (non-hydrogen) atoms. The van der Waals surface area contributed by atoms with Gasteiger partial charge in [-0.15, -0.1) is 11.8 Å². The zero-order valence-corrected chi connectivity index (χ0v) is 11.7. The van der Waals surface area contributed by atoms with Gasteiger partial charge in [0, 0.05) is 35.0 Å². The van der Waals surface area contributed by atoms with E-state index in [0.29, 0.717) is 0 Å². The van der Waals surface area contributed by atoms with E-state index in [9.17, 15) is 0 Å². The number of hydrogen-bond donors (Lipinski definition) is 0. The minimum atomic E-state index is 0.985. The molecule has 0 N–H and O–H groups in total. The van der Waals surface area contributed by atoms with Gasteiger partial charge in [-0.3, -0.25) is 9.97 Å². The van der Waals surface area contributed by atoms with Gasteiger partial charge < -0.3 is 4.90 Å². The van der Waals surface area contributed by atoms with Crippen LogP contribution in [0, 0.1) is 0 Å². The molecule has 2 aromatic heterocycles. The Bertz CT molecular complexity index is 767. The van der Waals surface area contributed by atoms with Crippen molar-refractivity contribution in [3.05, 3.63) is 55.0 Å². The molecule has 1 aromatic carbocycles. The van der Waals surface area contributed by atoms with Crippen LogP contribution in [-0.2, 0) is 0 Å². The van der Waals surface area contributed by atoms with Crippen LogP contribution in [0.2, 0.25) is 0 Å². The molecule has 1 aliphatic heterocycles. The molecule has 1 aliphatic rings. The standard InChI is InChI=1S/C16H13N3S/c1-2-6-15-13(5-1)19(8-9-20-15)14-11-17-10-12-4-3-7-18-16(12)14/h1-7,10-11H,8-9H2. The first-order valence-electron chi connectivity index (χ1n) is 6.61. The van der Waals surface area contributed by atoms with Crippen LogP contribution in [0.4, 0.5) is 11.4 Å². The maximum absolute atomic E-state index is 4.54. The molecule has 3 nitrogen and oxygen atoms in total. The van der Waals surface area contributed by atoms with E-state index in [-0.39, 0.29) is 0 Å². The number of hydrogen-bond acceptors (Lipinski definition) is 4. The maximum atomic E-state index is 4.54. The summed E-state index contributed by atoms with van der Waals surface area (Å²) < 4.78 is 0. The molecule has 0 aliphatic carbocycles. The van der Waals surface area contributed by atoms with Crippen molar-refractivity contribution < 1.29 is 0 Å². The van der Waals surface area contributed by atoms with Crippen molar-refractivity contribution in [2.45, 2.75) is 4.90 Å². The van der Waals surface area contributed by atoms with Gasteiger partial charge in [0.15, 0.2) is 0 Å². The summed E-state index contributed by atoms with van der Waals surface area (Å²) in [5.74, 6) is 1.08. The highest BCUT2D eigenvalue weighted by Crippen LogP contribution is 2.40. The first-order valence-corrected chi connectivity index (χ1v) is 7.60. The lowest BCUT2D eigenvalue weighted by molar-refractivity contribution is 0.992. The van der Waals surface area contributed by atoms with Crippen LogP contribution in [-0.4, -0.2) is 22.3 Å². The fraction of sp³-hybridized carbons (Fsp3) is 0.125. The van der Waals surface area contributed by atoms with E-state index in [2.05, 4.69) is 45.2 Å².